The van der Waals surface area contributed by atoms with Gasteiger partial charge in [-0.25, -0.2) is 12.7 Å². The van der Waals surface area contributed by atoms with Crippen LogP contribution in [0.3, 0.4) is 0 Å². The number of carbonyl (C=O) groups excluding carboxylic acids is 1. The van der Waals surface area contributed by atoms with Crippen molar-refractivity contribution in [3.05, 3.63) is 28.8 Å². The minimum Gasteiger partial charge on any atom is -0.381 e. The number of benzene rings is 1. The van der Waals surface area contributed by atoms with Crippen LogP contribution < -0.4 is 5.32 Å². The number of hydrogen-bond donors (Lipinski definition) is 1. The van der Waals surface area contributed by atoms with Crippen molar-refractivity contribution in [3.8, 4) is 0 Å². The molecule has 0 saturated carbocycles. The van der Waals surface area contributed by atoms with E-state index >= 15 is 0 Å². The Morgan fingerprint density at radius 2 is 2.00 bits per heavy atom. The second-order valence-corrected chi connectivity index (χ2v) is 10.0. The summed E-state index contributed by atoms with van der Waals surface area (Å²) in [5, 5.41) is 3.06. The molecule has 2 heterocycles. The van der Waals surface area contributed by atoms with Gasteiger partial charge in [-0.2, -0.15) is 0 Å². The maximum absolute atomic E-state index is 12.8. The molecule has 2 unspecified atom stereocenters. The van der Waals surface area contributed by atoms with Crippen LogP contribution >= 0.6 is 11.6 Å². The van der Waals surface area contributed by atoms with Crippen LogP contribution in [0.1, 0.15) is 16.8 Å². The van der Waals surface area contributed by atoms with E-state index in [9.17, 15) is 13.2 Å². The van der Waals surface area contributed by atoms with Crippen molar-refractivity contribution >= 4 is 27.5 Å². The van der Waals surface area contributed by atoms with E-state index in [1.807, 2.05) is 0 Å². The van der Waals surface area contributed by atoms with E-state index in [4.69, 9.17) is 21.1 Å². The Kier molecular flexibility index (Phi) is 7.53. The second kappa shape index (κ2) is 9.72. The molecule has 3 rings (SSSR count). The van der Waals surface area contributed by atoms with Gasteiger partial charge >= 0.3 is 0 Å². The number of morpholine rings is 1. The summed E-state index contributed by atoms with van der Waals surface area (Å²) in [6, 6.07) is 4.46. The van der Waals surface area contributed by atoms with Crippen molar-refractivity contribution in [2.75, 3.05) is 60.2 Å². The smallest absolute Gasteiger partial charge is 0.251 e. The number of rotatable bonds is 7. The first-order valence-corrected chi connectivity index (χ1v) is 11.5. The highest BCUT2D eigenvalue weighted by molar-refractivity contribution is 7.89. The molecule has 29 heavy (non-hydrogen) atoms. The first-order valence-electron chi connectivity index (χ1n) is 9.70. The lowest BCUT2D eigenvalue weighted by molar-refractivity contribution is 0.00166. The molecular weight excluding hydrogens is 418 g/mol. The summed E-state index contributed by atoms with van der Waals surface area (Å²) in [6.45, 7) is 4.89. The van der Waals surface area contributed by atoms with Gasteiger partial charge in [0, 0.05) is 57.9 Å². The molecule has 2 fully saturated rings. The lowest BCUT2D eigenvalue weighted by atomic mass is 9.96. The fourth-order valence-electron chi connectivity index (χ4n) is 3.70. The highest BCUT2D eigenvalue weighted by atomic mass is 35.5. The first kappa shape index (κ1) is 22.5. The molecule has 0 radical (unpaired) electrons. The molecule has 0 spiro atoms. The Labute approximate surface area is 177 Å². The molecule has 2 aliphatic heterocycles. The van der Waals surface area contributed by atoms with Crippen molar-refractivity contribution in [1.29, 1.82) is 0 Å². The number of amides is 1. The van der Waals surface area contributed by atoms with E-state index in [2.05, 4.69) is 10.2 Å². The van der Waals surface area contributed by atoms with Gasteiger partial charge < -0.3 is 14.8 Å². The zero-order valence-corrected chi connectivity index (χ0v) is 18.3. The molecule has 2 aliphatic rings. The molecule has 1 aromatic rings. The van der Waals surface area contributed by atoms with Crippen molar-refractivity contribution in [2.24, 2.45) is 5.92 Å². The lowest BCUT2D eigenvalue weighted by Gasteiger charge is -2.37. The van der Waals surface area contributed by atoms with E-state index in [0.717, 1.165) is 30.4 Å². The largest absolute Gasteiger partial charge is 0.381 e. The van der Waals surface area contributed by atoms with E-state index in [1.165, 1.54) is 32.3 Å². The van der Waals surface area contributed by atoms with Gasteiger partial charge in [0.1, 0.15) is 4.90 Å². The maximum atomic E-state index is 12.8. The summed E-state index contributed by atoms with van der Waals surface area (Å²) in [7, 11) is -0.891. The third-order valence-electron chi connectivity index (χ3n) is 5.45. The van der Waals surface area contributed by atoms with E-state index in [-0.39, 0.29) is 27.4 Å². The van der Waals surface area contributed by atoms with E-state index < -0.39 is 10.0 Å². The Balaban J connectivity index is 1.73. The topological polar surface area (TPSA) is 88.2 Å². The number of ether oxygens (including phenoxy) is 2. The Hall–Kier alpha value is -1.23. The summed E-state index contributed by atoms with van der Waals surface area (Å²) < 4.78 is 37.0. The molecular formula is C19H28ClN3O5S. The van der Waals surface area contributed by atoms with E-state index in [0.29, 0.717) is 32.3 Å². The van der Waals surface area contributed by atoms with Gasteiger partial charge in [-0.1, -0.05) is 11.6 Å². The standard InChI is InChI=1S/C19H28ClN3O5S/c1-22(2)29(25,26)18-11-14(3-4-16(18)20)19(24)21-12-17(15-5-8-28-13-15)23-6-9-27-10-7-23/h3-4,11,15,17H,5-10,12-13H2,1-2H3,(H,21,24). The van der Waals surface area contributed by atoms with Crippen molar-refractivity contribution in [1.82, 2.24) is 14.5 Å². The van der Waals surface area contributed by atoms with Crippen LogP contribution in [0.4, 0.5) is 0 Å². The Morgan fingerprint density at radius 3 is 2.62 bits per heavy atom. The van der Waals surface area contributed by atoms with Gasteiger partial charge in [-0.3, -0.25) is 9.69 Å². The van der Waals surface area contributed by atoms with Gasteiger partial charge in [-0.15, -0.1) is 0 Å². The normalized spacial score (nSPS) is 22.0. The molecule has 1 aromatic carbocycles. The zero-order valence-electron chi connectivity index (χ0n) is 16.8. The number of halogens is 1. The summed E-state index contributed by atoms with van der Waals surface area (Å²) in [6.07, 6.45) is 0.962. The molecule has 0 aromatic heterocycles. The Morgan fingerprint density at radius 1 is 1.28 bits per heavy atom. The molecule has 0 bridgehead atoms. The second-order valence-electron chi connectivity index (χ2n) is 7.48. The zero-order chi connectivity index (χ0) is 21.0. The number of nitrogens with one attached hydrogen (secondary N) is 1. The predicted octanol–water partition coefficient (Wildman–Crippen LogP) is 1.06. The predicted molar refractivity (Wildman–Crippen MR) is 110 cm³/mol. The summed E-state index contributed by atoms with van der Waals surface area (Å²) in [5.74, 6) is 0.0253. The average molecular weight is 446 g/mol. The minimum atomic E-state index is -3.74. The number of nitrogens with zero attached hydrogens (tertiary/aromatic N) is 2. The van der Waals surface area contributed by atoms with Crippen LogP contribution in [0, 0.1) is 5.92 Å². The van der Waals surface area contributed by atoms with Crippen molar-refractivity contribution < 1.29 is 22.7 Å². The molecule has 0 aliphatic carbocycles. The molecule has 2 atom stereocenters. The fraction of sp³-hybridized carbons (Fsp3) is 0.632. The van der Waals surface area contributed by atoms with Gasteiger partial charge in [0.05, 0.1) is 24.8 Å². The van der Waals surface area contributed by atoms with Crippen LogP contribution in [-0.4, -0.2) is 89.7 Å². The molecule has 2 saturated heterocycles. The van der Waals surface area contributed by atoms with Crippen LogP contribution in [0.25, 0.3) is 0 Å². The Bertz CT molecular complexity index is 821. The van der Waals surface area contributed by atoms with Crippen molar-refractivity contribution in [2.45, 2.75) is 17.4 Å². The highest BCUT2D eigenvalue weighted by Crippen LogP contribution is 2.25. The molecule has 162 valence electrons. The highest BCUT2D eigenvalue weighted by Gasteiger charge is 2.32. The minimum absolute atomic E-state index is 0.0780. The van der Waals surface area contributed by atoms with Gasteiger partial charge in [-0.05, 0) is 24.6 Å². The van der Waals surface area contributed by atoms with Crippen LogP contribution in [0.5, 0.6) is 0 Å². The van der Waals surface area contributed by atoms with Crippen LogP contribution in [-0.2, 0) is 19.5 Å². The first-order chi connectivity index (χ1) is 13.8. The maximum Gasteiger partial charge on any atom is 0.251 e. The molecule has 1 amide bonds. The van der Waals surface area contributed by atoms with Gasteiger partial charge in [0.15, 0.2) is 0 Å². The molecule has 10 heteroatoms. The summed E-state index contributed by atoms with van der Waals surface area (Å²) in [4.78, 5) is 15.0. The molecule has 8 nitrogen and oxygen atoms in total. The SMILES string of the molecule is CN(C)S(=O)(=O)c1cc(C(=O)NCC(C2CCOC2)N2CCOCC2)ccc1Cl. The summed E-state index contributed by atoms with van der Waals surface area (Å²) in [5.41, 5.74) is 0.262. The third-order valence-corrected chi connectivity index (χ3v) is 7.74. The van der Waals surface area contributed by atoms with Crippen molar-refractivity contribution in [3.63, 3.8) is 0 Å². The van der Waals surface area contributed by atoms with Crippen LogP contribution in [0.15, 0.2) is 23.1 Å². The van der Waals surface area contributed by atoms with Gasteiger partial charge in [0.25, 0.3) is 5.91 Å². The van der Waals surface area contributed by atoms with Gasteiger partial charge in [0.2, 0.25) is 10.0 Å². The monoisotopic (exact) mass is 445 g/mol. The van der Waals surface area contributed by atoms with E-state index in [1.54, 1.807) is 0 Å². The average Bonchev–Trinajstić information content (AvgIpc) is 3.23. The fourth-order valence-corrected chi connectivity index (χ4v) is 5.09. The molecule has 1 N–H and O–H groups in total. The quantitative estimate of drug-likeness (QED) is 0.675. The summed E-state index contributed by atoms with van der Waals surface area (Å²) >= 11 is 6.07. The van der Waals surface area contributed by atoms with Crippen LogP contribution in [0.2, 0.25) is 5.02 Å². The number of carbonyl (C=O) groups is 1. The number of hydrogen-bond acceptors (Lipinski definition) is 6. The third kappa shape index (κ3) is 5.28. The number of sulfonamides is 1. The lowest BCUT2D eigenvalue weighted by Crippen LogP contribution is -2.52.